The first kappa shape index (κ1) is 18.9. The van der Waals surface area contributed by atoms with Gasteiger partial charge in [0.1, 0.15) is 0 Å². The molecule has 0 saturated heterocycles. The third-order valence-corrected chi connectivity index (χ3v) is 4.19. The van der Waals surface area contributed by atoms with Crippen molar-refractivity contribution in [2.45, 2.75) is 4.90 Å². The number of primary amides is 1. The Morgan fingerprint density at radius 3 is 2.15 bits per heavy atom. The van der Waals surface area contributed by atoms with Gasteiger partial charge in [0.05, 0.1) is 32.9 Å². The van der Waals surface area contributed by atoms with Crippen LogP contribution < -0.4 is 11.1 Å². The second-order valence-corrected chi connectivity index (χ2v) is 5.97. The summed E-state index contributed by atoms with van der Waals surface area (Å²) >= 11 is 1.10. The summed E-state index contributed by atoms with van der Waals surface area (Å²) in [4.78, 5) is 44.1. The van der Waals surface area contributed by atoms with E-state index in [0.717, 1.165) is 30.0 Å². The van der Waals surface area contributed by atoms with Crippen LogP contribution >= 0.6 is 11.8 Å². The molecule has 2 aromatic carbocycles. The summed E-state index contributed by atoms with van der Waals surface area (Å²) in [7, 11) is 0. The van der Waals surface area contributed by atoms with E-state index in [9.17, 15) is 29.8 Å². The molecule has 3 N–H and O–H groups in total. The highest BCUT2D eigenvalue weighted by atomic mass is 32.2. The molecule has 26 heavy (non-hydrogen) atoms. The van der Waals surface area contributed by atoms with Crippen molar-refractivity contribution in [3.8, 4) is 0 Å². The molecule has 0 atom stereocenters. The van der Waals surface area contributed by atoms with Gasteiger partial charge in [0.15, 0.2) is 0 Å². The predicted molar refractivity (Wildman–Crippen MR) is 94.1 cm³/mol. The van der Waals surface area contributed by atoms with E-state index in [-0.39, 0.29) is 11.3 Å². The summed E-state index contributed by atoms with van der Waals surface area (Å²) in [5.74, 6) is -1.30. The number of nitrogens with one attached hydrogen (secondary N) is 1. The Bertz CT molecular complexity index is 869. The number of hydrogen-bond donors (Lipinski definition) is 2. The first-order valence-corrected chi connectivity index (χ1v) is 8.02. The van der Waals surface area contributed by atoms with E-state index in [0.29, 0.717) is 10.6 Å². The molecule has 10 nitrogen and oxygen atoms in total. The number of carbonyl (C=O) groups is 2. The van der Waals surface area contributed by atoms with Crippen molar-refractivity contribution in [3.63, 3.8) is 0 Å². The number of nitrogens with zero attached hydrogens (tertiary/aromatic N) is 2. The second-order valence-electron chi connectivity index (χ2n) is 4.96. The van der Waals surface area contributed by atoms with Crippen LogP contribution in [0.5, 0.6) is 0 Å². The molecule has 0 radical (unpaired) electrons. The zero-order chi connectivity index (χ0) is 19.3. The Balaban J connectivity index is 2.32. The van der Waals surface area contributed by atoms with E-state index in [4.69, 9.17) is 5.73 Å². The van der Waals surface area contributed by atoms with Gasteiger partial charge in [-0.15, -0.1) is 11.8 Å². The molecule has 0 spiro atoms. The fourth-order valence-electron chi connectivity index (χ4n) is 1.98. The topological polar surface area (TPSA) is 158 Å². The van der Waals surface area contributed by atoms with Gasteiger partial charge in [0.25, 0.3) is 17.3 Å². The number of nitrogens with two attached hydrogens (primary N) is 1. The maximum absolute atomic E-state index is 12.4. The number of carbonyl (C=O) groups excluding carboxylic acids is 2. The third-order valence-electron chi connectivity index (χ3n) is 3.09. The molecule has 0 unspecified atom stereocenters. The standard InChI is InChI=1S/C15H12N4O6S/c16-14(20)8-26-13-4-2-1-3-12(13)17-15(21)9-5-10(18(22)23)7-11(6-9)19(24)25/h1-7H,8H2,(H2,16,20)(H,17,21). The van der Waals surface area contributed by atoms with Crippen molar-refractivity contribution in [1.29, 1.82) is 0 Å². The molecule has 134 valence electrons. The van der Waals surface area contributed by atoms with E-state index in [1.165, 1.54) is 0 Å². The van der Waals surface area contributed by atoms with Crippen LogP contribution in [0.3, 0.4) is 0 Å². The Morgan fingerprint density at radius 1 is 1.04 bits per heavy atom. The molecule has 0 bridgehead atoms. The van der Waals surface area contributed by atoms with Gasteiger partial charge in [0, 0.05) is 17.0 Å². The van der Waals surface area contributed by atoms with Gasteiger partial charge < -0.3 is 11.1 Å². The highest BCUT2D eigenvalue weighted by Gasteiger charge is 2.20. The lowest BCUT2D eigenvalue weighted by Gasteiger charge is -2.10. The number of nitro groups is 2. The van der Waals surface area contributed by atoms with E-state index < -0.39 is 33.0 Å². The summed E-state index contributed by atoms with van der Waals surface area (Å²) in [6.45, 7) is 0. The van der Waals surface area contributed by atoms with E-state index in [2.05, 4.69) is 5.32 Å². The summed E-state index contributed by atoms with van der Waals surface area (Å²) in [6.07, 6.45) is 0. The highest BCUT2D eigenvalue weighted by molar-refractivity contribution is 8.00. The summed E-state index contributed by atoms with van der Waals surface area (Å²) in [6, 6.07) is 9.21. The van der Waals surface area contributed by atoms with Gasteiger partial charge in [-0.3, -0.25) is 29.8 Å². The maximum atomic E-state index is 12.4. The van der Waals surface area contributed by atoms with E-state index >= 15 is 0 Å². The van der Waals surface area contributed by atoms with Gasteiger partial charge in [-0.1, -0.05) is 12.1 Å². The van der Waals surface area contributed by atoms with Crippen molar-refractivity contribution in [3.05, 3.63) is 68.3 Å². The fraction of sp³-hybridized carbons (Fsp3) is 0.0667. The second kappa shape index (κ2) is 8.07. The molecule has 0 heterocycles. The van der Waals surface area contributed by atoms with Crippen LogP contribution in [0, 0.1) is 20.2 Å². The lowest BCUT2D eigenvalue weighted by molar-refractivity contribution is -0.394. The quantitative estimate of drug-likeness (QED) is 0.426. The average Bonchev–Trinajstić information content (AvgIpc) is 2.60. The molecule has 0 saturated carbocycles. The highest BCUT2D eigenvalue weighted by Crippen LogP contribution is 2.28. The first-order chi connectivity index (χ1) is 12.3. The number of non-ortho nitro benzene ring substituents is 2. The lowest BCUT2D eigenvalue weighted by atomic mass is 10.1. The van der Waals surface area contributed by atoms with Crippen LogP contribution in [0.2, 0.25) is 0 Å². The Morgan fingerprint density at radius 2 is 1.62 bits per heavy atom. The minimum absolute atomic E-state index is 0.00480. The van der Waals surface area contributed by atoms with Crippen LogP contribution in [0.15, 0.2) is 47.4 Å². The van der Waals surface area contributed by atoms with Crippen molar-refractivity contribution < 1.29 is 19.4 Å². The number of nitro benzene ring substituents is 2. The van der Waals surface area contributed by atoms with Gasteiger partial charge in [-0.2, -0.15) is 0 Å². The molecule has 11 heteroatoms. The van der Waals surface area contributed by atoms with Gasteiger partial charge in [-0.05, 0) is 12.1 Å². The minimum Gasteiger partial charge on any atom is -0.369 e. The normalized spacial score (nSPS) is 10.2. The molecule has 2 rings (SSSR count). The molecule has 0 aromatic heterocycles. The number of rotatable bonds is 7. The molecule has 0 aliphatic carbocycles. The van der Waals surface area contributed by atoms with Gasteiger partial charge >= 0.3 is 0 Å². The zero-order valence-corrected chi connectivity index (χ0v) is 13.9. The van der Waals surface area contributed by atoms with Crippen LogP contribution in [0.4, 0.5) is 17.1 Å². The molecular weight excluding hydrogens is 364 g/mol. The summed E-state index contributed by atoms with van der Waals surface area (Å²) in [5, 5.41) is 24.4. The van der Waals surface area contributed by atoms with E-state index in [1.807, 2.05) is 0 Å². The Kier molecular flexibility index (Phi) is 5.86. The average molecular weight is 376 g/mol. The molecular formula is C15H12N4O6S. The molecule has 2 amide bonds. The molecule has 0 fully saturated rings. The maximum Gasteiger partial charge on any atom is 0.277 e. The molecule has 0 aliphatic rings. The number of hydrogen-bond acceptors (Lipinski definition) is 7. The van der Waals surface area contributed by atoms with Crippen LogP contribution in [-0.4, -0.2) is 27.4 Å². The Hall–Kier alpha value is -3.47. The van der Waals surface area contributed by atoms with Gasteiger partial charge in [-0.25, -0.2) is 0 Å². The van der Waals surface area contributed by atoms with E-state index in [1.54, 1.807) is 24.3 Å². The van der Waals surface area contributed by atoms with Crippen molar-refractivity contribution >= 4 is 40.6 Å². The third kappa shape index (κ3) is 4.77. The smallest absolute Gasteiger partial charge is 0.277 e. The number of thioether (sulfide) groups is 1. The van der Waals surface area contributed by atoms with Crippen molar-refractivity contribution in [2.75, 3.05) is 11.1 Å². The van der Waals surface area contributed by atoms with Crippen LogP contribution in [-0.2, 0) is 4.79 Å². The fourth-order valence-corrected chi connectivity index (χ4v) is 2.72. The van der Waals surface area contributed by atoms with Crippen LogP contribution in [0.1, 0.15) is 10.4 Å². The monoisotopic (exact) mass is 376 g/mol. The largest absolute Gasteiger partial charge is 0.369 e. The lowest BCUT2D eigenvalue weighted by Crippen LogP contribution is -2.15. The minimum atomic E-state index is -0.819. The van der Waals surface area contributed by atoms with Crippen molar-refractivity contribution in [1.82, 2.24) is 0 Å². The first-order valence-electron chi connectivity index (χ1n) is 7.03. The van der Waals surface area contributed by atoms with Crippen molar-refractivity contribution in [2.24, 2.45) is 5.73 Å². The molecule has 0 aliphatic heterocycles. The number of anilines is 1. The Labute approximate surface area is 150 Å². The molecule has 2 aromatic rings. The summed E-state index contributed by atoms with van der Waals surface area (Å²) in [5.41, 5.74) is 4.07. The number of para-hydroxylation sites is 1. The van der Waals surface area contributed by atoms with Gasteiger partial charge in [0.2, 0.25) is 5.91 Å². The predicted octanol–water partition coefficient (Wildman–Crippen LogP) is 2.33. The van der Waals surface area contributed by atoms with Crippen LogP contribution in [0.25, 0.3) is 0 Å². The number of amides is 2. The zero-order valence-electron chi connectivity index (χ0n) is 13.1. The number of benzene rings is 2. The SMILES string of the molecule is NC(=O)CSc1ccccc1NC(=O)c1cc([N+](=O)[O-])cc([N+](=O)[O-])c1. The summed E-state index contributed by atoms with van der Waals surface area (Å²) < 4.78 is 0.